The van der Waals surface area contributed by atoms with Crippen LogP contribution in [0.5, 0.6) is 0 Å². The van der Waals surface area contributed by atoms with Gasteiger partial charge in [-0.2, -0.15) is 0 Å². The molecule has 0 N–H and O–H groups in total. The minimum Gasteiger partial charge on any atom is -0.300 e. The van der Waals surface area contributed by atoms with Crippen molar-refractivity contribution < 1.29 is 14.4 Å². The molecule has 0 amide bonds. The summed E-state index contributed by atoms with van der Waals surface area (Å²) >= 11 is 0. The molecule has 4 rings (SSSR count). The molecule has 6 heteroatoms. The number of rotatable bonds is 6. The van der Waals surface area contributed by atoms with Crippen LogP contribution in [-0.2, 0) is 34.0 Å². The predicted molar refractivity (Wildman–Crippen MR) is 129 cm³/mol. The largest absolute Gasteiger partial charge is 0.300 e. The van der Waals surface area contributed by atoms with Crippen molar-refractivity contribution in [2.24, 2.45) is 0 Å². The first kappa shape index (κ1) is 24.2. The summed E-state index contributed by atoms with van der Waals surface area (Å²) in [5.74, 6) is 1.14. The van der Waals surface area contributed by atoms with E-state index in [-0.39, 0.29) is 0 Å². The van der Waals surface area contributed by atoms with Crippen LogP contribution in [0.4, 0.5) is 0 Å². The number of benzene rings is 1. The van der Waals surface area contributed by atoms with Gasteiger partial charge in [-0.15, -0.1) is 0 Å². The van der Waals surface area contributed by atoms with Crippen molar-refractivity contribution in [1.29, 1.82) is 0 Å². The number of ketones is 3. The number of hydrogen-bond acceptors (Lipinski definition) is 6. The van der Waals surface area contributed by atoms with Crippen molar-refractivity contribution >= 4 is 17.3 Å². The maximum atomic E-state index is 11.8. The second-order valence-electron chi connectivity index (χ2n) is 10.3. The van der Waals surface area contributed by atoms with Crippen LogP contribution >= 0.6 is 0 Å². The lowest BCUT2D eigenvalue weighted by molar-refractivity contribution is -0.122. The molecule has 3 fully saturated rings. The fraction of sp³-hybridized carbons (Fsp3) is 0.667. The summed E-state index contributed by atoms with van der Waals surface area (Å²) in [5, 5.41) is 0. The van der Waals surface area contributed by atoms with Gasteiger partial charge in [-0.05, 0) is 54.2 Å². The van der Waals surface area contributed by atoms with Gasteiger partial charge in [-0.25, -0.2) is 0 Å². The van der Waals surface area contributed by atoms with Gasteiger partial charge in [0.05, 0.1) is 0 Å². The second-order valence-corrected chi connectivity index (χ2v) is 10.3. The predicted octanol–water partition coefficient (Wildman–Crippen LogP) is 3.11. The van der Waals surface area contributed by atoms with Gasteiger partial charge in [-0.3, -0.25) is 29.1 Å². The highest BCUT2D eigenvalue weighted by molar-refractivity contribution is 5.80. The van der Waals surface area contributed by atoms with Crippen LogP contribution in [0, 0.1) is 20.8 Å². The molecular formula is C27H39N3O3. The van der Waals surface area contributed by atoms with Gasteiger partial charge < -0.3 is 0 Å². The van der Waals surface area contributed by atoms with Gasteiger partial charge >= 0.3 is 0 Å². The smallest absolute Gasteiger partial charge is 0.135 e. The minimum atomic E-state index is 0.379. The number of piperidine rings is 3. The van der Waals surface area contributed by atoms with E-state index in [1.807, 2.05) is 0 Å². The van der Waals surface area contributed by atoms with Crippen LogP contribution < -0.4 is 0 Å². The molecule has 3 aliphatic rings. The Bertz CT molecular complexity index is 769. The van der Waals surface area contributed by atoms with Gasteiger partial charge in [0.15, 0.2) is 0 Å². The molecule has 3 saturated heterocycles. The van der Waals surface area contributed by atoms with Crippen LogP contribution in [0.1, 0.15) is 71.9 Å². The molecule has 0 radical (unpaired) electrons. The molecule has 3 heterocycles. The maximum absolute atomic E-state index is 11.8. The standard InChI is InChI=1S/C27H39N3O3/c1-19-25(16-28-10-4-22(31)5-11-28)20(2)27(18-30-14-8-24(33)9-15-30)21(3)26(19)17-29-12-6-23(32)7-13-29/h4-18H2,1-3H3. The lowest BCUT2D eigenvalue weighted by Gasteiger charge is -2.33. The van der Waals surface area contributed by atoms with Gasteiger partial charge in [0, 0.05) is 97.4 Å². The van der Waals surface area contributed by atoms with Crippen molar-refractivity contribution in [3.05, 3.63) is 33.4 Å². The van der Waals surface area contributed by atoms with E-state index < -0.39 is 0 Å². The van der Waals surface area contributed by atoms with Crippen LogP contribution in [0.25, 0.3) is 0 Å². The van der Waals surface area contributed by atoms with E-state index in [4.69, 9.17) is 0 Å². The molecule has 3 aliphatic heterocycles. The SMILES string of the molecule is Cc1c(CN2CCC(=O)CC2)c(C)c(CN2CCC(=O)CC2)c(C)c1CN1CCC(=O)CC1. The van der Waals surface area contributed by atoms with E-state index in [1.54, 1.807) is 0 Å². The van der Waals surface area contributed by atoms with E-state index in [2.05, 4.69) is 35.5 Å². The molecule has 0 bridgehead atoms. The summed E-state index contributed by atoms with van der Waals surface area (Å²) in [6.07, 6.45) is 3.96. The number of carbonyl (C=O) groups excluding carboxylic acids is 3. The highest BCUT2D eigenvalue weighted by atomic mass is 16.1. The highest BCUT2D eigenvalue weighted by Crippen LogP contribution is 2.31. The Morgan fingerprint density at radius 1 is 0.455 bits per heavy atom. The van der Waals surface area contributed by atoms with Crippen molar-refractivity contribution in [2.45, 2.75) is 78.9 Å². The lowest BCUT2D eigenvalue weighted by Crippen LogP contribution is -2.36. The van der Waals surface area contributed by atoms with Gasteiger partial charge in [0.2, 0.25) is 0 Å². The first-order valence-electron chi connectivity index (χ1n) is 12.6. The third-order valence-corrected chi connectivity index (χ3v) is 8.10. The Labute approximate surface area is 198 Å². The van der Waals surface area contributed by atoms with Crippen molar-refractivity contribution in [3.63, 3.8) is 0 Å². The van der Waals surface area contributed by atoms with Crippen LogP contribution in [0.3, 0.4) is 0 Å². The second kappa shape index (κ2) is 10.6. The average Bonchev–Trinajstić information content (AvgIpc) is 2.81. The lowest BCUT2D eigenvalue weighted by atomic mass is 9.86. The van der Waals surface area contributed by atoms with Crippen molar-refractivity contribution in [3.8, 4) is 0 Å². The Kier molecular flexibility index (Phi) is 7.77. The molecule has 0 aliphatic carbocycles. The topological polar surface area (TPSA) is 60.9 Å². The molecular weight excluding hydrogens is 414 g/mol. The Balaban J connectivity index is 1.63. The summed E-state index contributed by atoms with van der Waals surface area (Å²) < 4.78 is 0. The molecule has 0 spiro atoms. The van der Waals surface area contributed by atoms with E-state index in [0.717, 1.165) is 58.9 Å². The van der Waals surface area contributed by atoms with Gasteiger partial charge in [0.1, 0.15) is 17.3 Å². The van der Waals surface area contributed by atoms with E-state index in [9.17, 15) is 14.4 Å². The molecule has 1 aromatic rings. The zero-order valence-electron chi connectivity index (χ0n) is 20.7. The van der Waals surface area contributed by atoms with Crippen LogP contribution in [0.2, 0.25) is 0 Å². The van der Waals surface area contributed by atoms with E-state index >= 15 is 0 Å². The number of Topliss-reactive ketones (excluding diaryl/α,β-unsaturated/α-hetero) is 3. The molecule has 0 unspecified atom stereocenters. The number of likely N-dealkylation sites (tertiary alicyclic amines) is 3. The maximum Gasteiger partial charge on any atom is 0.135 e. The quantitative estimate of drug-likeness (QED) is 0.660. The summed E-state index contributed by atoms with van der Waals surface area (Å²) in [7, 11) is 0. The fourth-order valence-electron chi connectivity index (χ4n) is 5.65. The van der Waals surface area contributed by atoms with E-state index in [0.29, 0.717) is 55.9 Å². The molecule has 0 aromatic heterocycles. The highest BCUT2D eigenvalue weighted by Gasteiger charge is 2.25. The molecule has 6 nitrogen and oxygen atoms in total. The molecule has 180 valence electrons. The minimum absolute atomic E-state index is 0.379. The third kappa shape index (κ3) is 5.79. The van der Waals surface area contributed by atoms with E-state index in [1.165, 1.54) is 33.4 Å². The summed E-state index contributed by atoms with van der Waals surface area (Å²) in [6, 6.07) is 0. The summed E-state index contributed by atoms with van der Waals surface area (Å²) in [6.45, 7) is 14.5. The Morgan fingerprint density at radius 2 is 0.667 bits per heavy atom. The van der Waals surface area contributed by atoms with Gasteiger partial charge in [-0.1, -0.05) is 0 Å². The normalized spacial score (nSPS) is 21.7. The van der Waals surface area contributed by atoms with Crippen LogP contribution in [0.15, 0.2) is 0 Å². The molecule has 0 saturated carbocycles. The molecule has 33 heavy (non-hydrogen) atoms. The van der Waals surface area contributed by atoms with Gasteiger partial charge in [0.25, 0.3) is 0 Å². The zero-order valence-corrected chi connectivity index (χ0v) is 20.7. The van der Waals surface area contributed by atoms with Crippen LogP contribution in [-0.4, -0.2) is 71.3 Å². The monoisotopic (exact) mass is 453 g/mol. The van der Waals surface area contributed by atoms with Crippen molar-refractivity contribution in [1.82, 2.24) is 14.7 Å². The third-order valence-electron chi connectivity index (χ3n) is 8.10. The Morgan fingerprint density at radius 3 is 0.879 bits per heavy atom. The first-order valence-corrected chi connectivity index (χ1v) is 12.6. The number of hydrogen-bond donors (Lipinski definition) is 0. The molecule has 0 atom stereocenters. The fourth-order valence-corrected chi connectivity index (χ4v) is 5.65. The Hall–Kier alpha value is -1.89. The molecule has 1 aromatic carbocycles. The zero-order chi connectivity index (χ0) is 23.5. The van der Waals surface area contributed by atoms with Crippen molar-refractivity contribution in [2.75, 3.05) is 39.3 Å². The number of nitrogens with zero attached hydrogens (tertiary/aromatic N) is 3. The average molecular weight is 454 g/mol. The summed E-state index contributed by atoms with van der Waals surface area (Å²) in [4.78, 5) is 42.5. The summed E-state index contributed by atoms with van der Waals surface area (Å²) in [5.41, 5.74) is 8.33. The number of carbonyl (C=O) groups is 3. The first-order chi connectivity index (χ1) is 15.8.